The molecular weight excluding hydrogens is 324 g/mol. The van der Waals surface area contributed by atoms with E-state index in [0.717, 1.165) is 30.6 Å². The van der Waals surface area contributed by atoms with E-state index in [1.807, 2.05) is 24.4 Å². The summed E-state index contributed by atoms with van der Waals surface area (Å²) in [5.41, 5.74) is 0. The van der Waals surface area contributed by atoms with Gasteiger partial charge in [-0.05, 0) is 31.2 Å². The van der Waals surface area contributed by atoms with E-state index in [-0.39, 0.29) is 42.5 Å². The number of amides is 3. The molecule has 1 aliphatic carbocycles. The normalized spacial score (nSPS) is 23.5. The molecule has 3 amide bonds. The molecule has 5 nitrogen and oxygen atoms in total. The van der Waals surface area contributed by atoms with Crippen molar-refractivity contribution < 1.29 is 14.4 Å². The summed E-state index contributed by atoms with van der Waals surface area (Å²) in [6, 6.07) is 3.99. The largest absolute Gasteiger partial charge is 0.338 e. The first-order valence-corrected chi connectivity index (χ1v) is 9.65. The summed E-state index contributed by atoms with van der Waals surface area (Å²) in [6.07, 6.45) is 3.91. The maximum atomic E-state index is 12.5. The van der Waals surface area contributed by atoms with Crippen molar-refractivity contribution in [3.05, 3.63) is 22.4 Å². The van der Waals surface area contributed by atoms with Crippen molar-refractivity contribution >= 4 is 29.1 Å². The second-order valence-corrected chi connectivity index (χ2v) is 7.60. The number of hydrogen-bond donors (Lipinski definition) is 0. The molecule has 1 aromatic heterocycles. The molecule has 3 rings (SSSR count). The predicted molar refractivity (Wildman–Crippen MR) is 92.2 cm³/mol. The predicted octanol–water partition coefficient (Wildman–Crippen LogP) is 2.66. The second kappa shape index (κ2) is 7.47. The van der Waals surface area contributed by atoms with Crippen molar-refractivity contribution in [3.63, 3.8) is 0 Å². The van der Waals surface area contributed by atoms with Crippen molar-refractivity contribution in [1.29, 1.82) is 0 Å². The molecule has 2 unspecified atom stereocenters. The Hall–Kier alpha value is -1.69. The van der Waals surface area contributed by atoms with Crippen molar-refractivity contribution in [1.82, 2.24) is 9.80 Å². The highest BCUT2D eigenvalue weighted by Crippen LogP contribution is 2.38. The smallest absolute Gasteiger partial charge is 0.233 e. The van der Waals surface area contributed by atoms with Crippen molar-refractivity contribution in [3.8, 4) is 0 Å². The molecule has 0 N–H and O–H groups in total. The third kappa shape index (κ3) is 3.38. The van der Waals surface area contributed by atoms with Gasteiger partial charge in [0, 0.05) is 24.4 Å². The van der Waals surface area contributed by atoms with Crippen molar-refractivity contribution in [2.75, 3.05) is 13.1 Å². The van der Waals surface area contributed by atoms with Crippen molar-refractivity contribution in [2.45, 2.75) is 45.6 Å². The summed E-state index contributed by atoms with van der Waals surface area (Å²) in [7, 11) is 0. The minimum atomic E-state index is -0.130. The van der Waals surface area contributed by atoms with Gasteiger partial charge in [-0.25, -0.2) is 0 Å². The minimum absolute atomic E-state index is 0.00127. The molecule has 1 aromatic rings. The zero-order chi connectivity index (χ0) is 17.1. The maximum Gasteiger partial charge on any atom is 0.233 e. The summed E-state index contributed by atoms with van der Waals surface area (Å²) in [6.45, 7) is 3.40. The van der Waals surface area contributed by atoms with E-state index in [9.17, 15) is 14.4 Å². The fourth-order valence-corrected chi connectivity index (χ4v) is 4.50. The highest BCUT2D eigenvalue weighted by molar-refractivity contribution is 7.09. The van der Waals surface area contributed by atoms with E-state index in [0.29, 0.717) is 13.1 Å². The molecule has 2 fully saturated rings. The molecule has 2 aliphatic rings. The number of hydrogen-bond acceptors (Lipinski definition) is 4. The Bertz CT molecular complexity index is 590. The van der Waals surface area contributed by atoms with Gasteiger partial charge in [0.05, 0.1) is 18.4 Å². The topological polar surface area (TPSA) is 57.7 Å². The number of nitrogens with zero attached hydrogens (tertiary/aromatic N) is 2. The molecule has 0 radical (unpaired) electrons. The molecule has 0 aromatic carbocycles. The van der Waals surface area contributed by atoms with Gasteiger partial charge < -0.3 is 4.90 Å². The van der Waals surface area contributed by atoms with Gasteiger partial charge in [0.2, 0.25) is 17.7 Å². The van der Waals surface area contributed by atoms with Crippen LogP contribution in [-0.4, -0.2) is 40.6 Å². The lowest BCUT2D eigenvalue weighted by molar-refractivity contribution is -0.140. The van der Waals surface area contributed by atoms with Crippen LogP contribution in [0, 0.1) is 11.8 Å². The van der Waals surface area contributed by atoms with Crippen LogP contribution in [0.25, 0.3) is 0 Å². The van der Waals surface area contributed by atoms with Gasteiger partial charge in [-0.1, -0.05) is 18.9 Å². The van der Waals surface area contributed by atoms with Crippen LogP contribution in [0.15, 0.2) is 17.5 Å². The van der Waals surface area contributed by atoms with Crippen LogP contribution < -0.4 is 0 Å². The molecule has 130 valence electrons. The molecule has 2 heterocycles. The highest BCUT2D eigenvalue weighted by Gasteiger charge is 2.47. The molecular formula is C18H24N2O3S. The molecule has 1 saturated heterocycles. The van der Waals surface area contributed by atoms with Gasteiger partial charge in [0.15, 0.2) is 0 Å². The van der Waals surface area contributed by atoms with Gasteiger partial charge in [0.25, 0.3) is 0 Å². The SMILES string of the molecule is CCN(Cc1cccs1)C(=O)CCN1C(=O)C2CCCCC2C1=O. The molecule has 1 aliphatic heterocycles. The van der Waals surface area contributed by atoms with Crippen LogP contribution >= 0.6 is 11.3 Å². The lowest BCUT2D eigenvalue weighted by Crippen LogP contribution is -2.37. The monoisotopic (exact) mass is 348 g/mol. The maximum absolute atomic E-state index is 12.5. The molecule has 6 heteroatoms. The van der Waals surface area contributed by atoms with E-state index >= 15 is 0 Å². The summed E-state index contributed by atoms with van der Waals surface area (Å²) < 4.78 is 0. The number of fused-ring (bicyclic) bond motifs is 1. The van der Waals surface area contributed by atoms with Crippen LogP contribution in [-0.2, 0) is 20.9 Å². The number of likely N-dealkylation sites (tertiary alicyclic amines) is 1. The lowest BCUT2D eigenvalue weighted by Gasteiger charge is -2.22. The number of carbonyl (C=O) groups is 3. The summed E-state index contributed by atoms with van der Waals surface area (Å²) in [4.78, 5) is 41.6. The number of thiophene rings is 1. The summed E-state index contributed by atoms with van der Waals surface area (Å²) in [5, 5.41) is 2.00. The van der Waals surface area contributed by atoms with E-state index < -0.39 is 0 Å². The van der Waals surface area contributed by atoms with Crippen LogP contribution in [0.1, 0.15) is 43.9 Å². The van der Waals surface area contributed by atoms with E-state index in [2.05, 4.69) is 0 Å². The lowest BCUT2D eigenvalue weighted by atomic mass is 9.81. The molecule has 0 spiro atoms. The molecule has 1 saturated carbocycles. The van der Waals surface area contributed by atoms with Crippen LogP contribution in [0.5, 0.6) is 0 Å². The number of rotatable bonds is 6. The quantitative estimate of drug-likeness (QED) is 0.743. The Morgan fingerprint density at radius 3 is 2.46 bits per heavy atom. The molecule has 0 bridgehead atoms. The average molecular weight is 348 g/mol. The van der Waals surface area contributed by atoms with E-state index in [4.69, 9.17) is 0 Å². The van der Waals surface area contributed by atoms with Gasteiger partial charge >= 0.3 is 0 Å². The Labute approximate surface area is 146 Å². The van der Waals surface area contributed by atoms with Gasteiger partial charge in [0.1, 0.15) is 0 Å². The third-order valence-electron chi connectivity index (χ3n) is 5.14. The Morgan fingerprint density at radius 2 is 1.92 bits per heavy atom. The van der Waals surface area contributed by atoms with Crippen LogP contribution in [0.3, 0.4) is 0 Å². The number of carbonyl (C=O) groups excluding carboxylic acids is 3. The van der Waals surface area contributed by atoms with E-state index in [1.165, 1.54) is 4.90 Å². The first kappa shape index (κ1) is 17.1. The highest BCUT2D eigenvalue weighted by atomic mass is 32.1. The Balaban J connectivity index is 1.57. The Kier molecular flexibility index (Phi) is 5.33. The van der Waals surface area contributed by atoms with Crippen molar-refractivity contribution in [2.24, 2.45) is 11.8 Å². The zero-order valence-corrected chi connectivity index (χ0v) is 14.9. The van der Waals surface area contributed by atoms with Crippen LogP contribution in [0.4, 0.5) is 0 Å². The van der Waals surface area contributed by atoms with Gasteiger partial charge in [-0.2, -0.15) is 0 Å². The van der Waals surface area contributed by atoms with Gasteiger partial charge in [-0.15, -0.1) is 11.3 Å². The van der Waals surface area contributed by atoms with Crippen LogP contribution in [0.2, 0.25) is 0 Å². The minimum Gasteiger partial charge on any atom is -0.338 e. The third-order valence-corrected chi connectivity index (χ3v) is 6.00. The fourth-order valence-electron chi connectivity index (χ4n) is 3.78. The zero-order valence-electron chi connectivity index (χ0n) is 14.1. The van der Waals surface area contributed by atoms with E-state index in [1.54, 1.807) is 16.2 Å². The first-order valence-electron chi connectivity index (χ1n) is 8.77. The average Bonchev–Trinajstić information content (AvgIpc) is 3.19. The first-order chi connectivity index (χ1) is 11.6. The summed E-state index contributed by atoms with van der Waals surface area (Å²) >= 11 is 1.63. The Morgan fingerprint density at radius 1 is 1.25 bits per heavy atom. The second-order valence-electron chi connectivity index (χ2n) is 6.56. The fraction of sp³-hybridized carbons (Fsp3) is 0.611. The molecule has 2 atom stereocenters. The molecule has 24 heavy (non-hydrogen) atoms. The number of imide groups is 1. The standard InChI is InChI=1S/C18H24N2O3S/c1-2-19(12-13-6-5-11-24-13)16(21)9-10-20-17(22)14-7-3-4-8-15(14)18(20)23/h5-6,11,14-15H,2-4,7-10,12H2,1H3. The summed E-state index contributed by atoms with van der Waals surface area (Å²) in [5.74, 6) is -0.372. The van der Waals surface area contributed by atoms with Gasteiger partial charge in [-0.3, -0.25) is 19.3 Å².